The Bertz CT molecular complexity index is 509. The molecule has 2 heteroatoms. The first-order chi connectivity index (χ1) is 8.13. The molecule has 1 atom stereocenters. The number of aryl methyl sites for hydroxylation is 3. The molecular formula is C15H22N2. The van der Waals surface area contributed by atoms with E-state index in [2.05, 4.69) is 49.7 Å². The Morgan fingerprint density at radius 1 is 1.35 bits per heavy atom. The summed E-state index contributed by atoms with van der Waals surface area (Å²) in [7, 11) is 0. The molecule has 0 spiro atoms. The van der Waals surface area contributed by atoms with Crippen molar-refractivity contribution in [2.24, 2.45) is 5.73 Å². The van der Waals surface area contributed by atoms with Gasteiger partial charge in [-0.3, -0.25) is 0 Å². The van der Waals surface area contributed by atoms with Gasteiger partial charge < -0.3 is 10.3 Å². The Morgan fingerprint density at radius 2 is 2.12 bits per heavy atom. The number of hydrogen-bond donors (Lipinski definition) is 1. The van der Waals surface area contributed by atoms with Gasteiger partial charge in [-0.25, -0.2) is 0 Å². The molecule has 0 saturated carbocycles. The van der Waals surface area contributed by atoms with Crippen LogP contribution in [0.1, 0.15) is 31.4 Å². The minimum Gasteiger partial charge on any atom is -0.347 e. The standard InChI is InChI=1S/C15H22N2/c1-4-17-10-13(9-8-12(3)16)14-7-5-6-11(2)15(14)17/h5-7,10,12H,4,8-9,16H2,1-3H3. The van der Waals surface area contributed by atoms with Crippen molar-refractivity contribution >= 4 is 10.9 Å². The molecular weight excluding hydrogens is 208 g/mol. The smallest absolute Gasteiger partial charge is 0.0512 e. The molecule has 17 heavy (non-hydrogen) atoms. The van der Waals surface area contributed by atoms with Crippen LogP contribution < -0.4 is 5.73 Å². The topological polar surface area (TPSA) is 30.9 Å². The molecule has 0 bridgehead atoms. The van der Waals surface area contributed by atoms with Gasteiger partial charge in [-0.1, -0.05) is 18.2 Å². The van der Waals surface area contributed by atoms with E-state index in [-0.39, 0.29) is 6.04 Å². The van der Waals surface area contributed by atoms with Gasteiger partial charge in [0.25, 0.3) is 0 Å². The normalized spacial score (nSPS) is 13.2. The van der Waals surface area contributed by atoms with Crippen molar-refractivity contribution in [2.45, 2.75) is 46.2 Å². The molecule has 1 unspecified atom stereocenters. The zero-order valence-corrected chi connectivity index (χ0v) is 11.0. The van der Waals surface area contributed by atoms with Crippen molar-refractivity contribution in [2.75, 3.05) is 0 Å². The predicted octanol–water partition coefficient (Wildman–Crippen LogP) is 3.25. The van der Waals surface area contributed by atoms with Crippen molar-refractivity contribution in [3.05, 3.63) is 35.5 Å². The van der Waals surface area contributed by atoms with Crippen LogP contribution in [0.15, 0.2) is 24.4 Å². The number of nitrogens with zero attached hydrogens (tertiary/aromatic N) is 1. The van der Waals surface area contributed by atoms with Crippen LogP contribution in [0.4, 0.5) is 0 Å². The zero-order chi connectivity index (χ0) is 12.4. The summed E-state index contributed by atoms with van der Waals surface area (Å²) < 4.78 is 2.35. The molecule has 2 rings (SSSR count). The van der Waals surface area contributed by atoms with Crippen LogP contribution in [0.5, 0.6) is 0 Å². The van der Waals surface area contributed by atoms with E-state index in [1.165, 1.54) is 22.0 Å². The monoisotopic (exact) mass is 230 g/mol. The molecule has 92 valence electrons. The van der Waals surface area contributed by atoms with E-state index in [1.807, 2.05) is 0 Å². The van der Waals surface area contributed by atoms with Gasteiger partial charge in [0.2, 0.25) is 0 Å². The molecule has 0 fully saturated rings. The molecule has 0 aliphatic rings. The van der Waals surface area contributed by atoms with Gasteiger partial charge in [0.15, 0.2) is 0 Å². The van der Waals surface area contributed by atoms with Gasteiger partial charge in [-0.2, -0.15) is 0 Å². The number of aromatic nitrogens is 1. The molecule has 2 nitrogen and oxygen atoms in total. The number of rotatable bonds is 4. The number of para-hydroxylation sites is 1. The minimum absolute atomic E-state index is 0.278. The van der Waals surface area contributed by atoms with Crippen LogP contribution in [0.25, 0.3) is 10.9 Å². The largest absolute Gasteiger partial charge is 0.347 e. The third-order valence-electron chi connectivity index (χ3n) is 3.39. The summed E-state index contributed by atoms with van der Waals surface area (Å²) in [6, 6.07) is 6.84. The quantitative estimate of drug-likeness (QED) is 0.858. The van der Waals surface area contributed by atoms with Gasteiger partial charge in [-0.05, 0) is 44.7 Å². The first-order valence-corrected chi connectivity index (χ1v) is 6.46. The molecule has 0 aliphatic heterocycles. The third kappa shape index (κ3) is 2.37. The molecule has 0 aliphatic carbocycles. The summed E-state index contributed by atoms with van der Waals surface area (Å²) in [6.45, 7) is 7.48. The molecule has 2 N–H and O–H groups in total. The Hall–Kier alpha value is -1.28. The lowest BCUT2D eigenvalue weighted by Gasteiger charge is -2.04. The van der Waals surface area contributed by atoms with Crippen LogP contribution >= 0.6 is 0 Å². The van der Waals surface area contributed by atoms with Crippen molar-refractivity contribution in [1.82, 2.24) is 4.57 Å². The molecule has 1 aromatic carbocycles. The van der Waals surface area contributed by atoms with Crippen molar-refractivity contribution < 1.29 is 0 Å². The van der Waals surface area contributed by atoms with Crippen molar-refractivity contribution in [3.8, 4) is 0 Å². The average Bonchev–Trinajstić information content (AvgIpc) is 2.66. The van der Waals surface area contributed by atoms with Crippen LogP contribution in [-0.2, 0) is 13.0 Å². The van der Waals surface area contributed by atoms with Gasteiger partial charge in [-0.15, -0.1) is 0 Å². The molecule has 1 heterocycles. The number of benzene rings is 1. The molecule has 0 radical (unpaired) electrons. The van der Waals surface area contributed by atoms with Crippen LogP contribution in [0.2, 0.25) is 0 Å². The summed E-state index contributed by atoms with van der Waals surface area (Å²) in [5.41, 5.74) is 10.0. The fraction of sp³-hybridized carbons (Fsp3) is 0.467. The summed E-state index contributed by atoms with van der Waals surface area (Å²) in [6.07, 6.45) is 4.42. The molecule has 0 saturated heterocycles. The second-order valence-electron chi connectivity index (χ2n) is 4.93. The highest BCUT2D eigenvalue weighted by Crippen LogP contribution is 2.25. The summed E-state index contributed by atoms with van der Waals surface area (Å²) in [5.74, 6) is 0. The summed E-state index contributed by atoms with van der Waals surface area (Å²) in [5, 5.41) is 1.40. The summed E-state index contributed by atoms with van der Waals surface area (Å²) >= 11 is 0. The molecule has 2 aromatic rings. The van der Waals surface area contributed by atoms with Crippen LogP contribution in [-0.4, -0.2) is 10.6 Å². The number of hydrogen-bond acceptors (Lipinski definition) is 1. The SMILES string of the molecule is CCn1cc(CCC(C)N)c2cccc(C)c21. The molecule has 1 aromatic heterocycles. The van der Waals surface area contributed by atoms with Gasteiger partial charge >= 0.3 is 0 Å². The van der Waals surface area contributed by atoms with E-state index in [0.717, 1.165) is 19.4 Å². The lowest BCUT2D eigenvalue weighted by atomic mass is 10.0. The van der Waals surface area contributed by atoms with E-state index in [0.29, 0.717) is 0 Å². The van der Waals surface area contributed by atoms with Gasteiger partial charge in [0.1, 0.15) is 0 Å². The third-order valence-corrected chi connectivity index (χ3v) is 3.39. The second kappa shape index (κ2) is 4.92. The lowest BCUT2D eigenvalue weighted by molar-refractivity contribution is 0.665. The van der Waals surface area contributed by atoms with Crippen LogP contribution in [0.3, 0.4) is 0 Å². The van der Waals surface area contributed by atoms with Crippen molar-refractivity contribution in [3.63, 3.8) is 0 Å². The second-order valence-corrected chi connectivity index (χ2v) is 4.93. The Kier molecular flexibility index (Phi) is 3.53. The van der Waals surface area contributed by atoms with Gasteiger partial charge in [0.05, 0.1) is 5.52 Å². The van der Waals surface area contributed by atoms with E-state index >= 15 is 0 Å². The number of nitrogens with two attached hydrogens (primary N) is 1. The van der Waals surface area contributed by atoms with Crippen molar-refractivity contribution in [1.29, 1.82) is 0 Å². The maximum atomic E-state index is 5.85. The first-order valence-electron chi connectivity index (χ1n) is 6.46. The van der Waals surface area contributed by atoms with E-state index < -0.39 is 0 Å². The highest BCUT2D eigenvalue weighted by molar-refractivity contribution is 5.86. The van der Waals surface area contributed by atoms with Crippen LogP contribution in [0, 0.1) is 6.92 Å². The van der Waals surface area contributed by atoms with E-state index in [1.54, 1.807) is 0 Å². The Balaban J connectivity index is 2.46. The number of fused-ring (bicyclic) bond motifs is 1. The fourth-order valence-electron chi connectivity index (χ4n) is 2.45. The average molecular weight is 230 g/mol. The minimum atomic E-state index is 0.278. The first kappa shape index (κ1) is 12.2. The van der Waals surface area contributed by atoms with Gasteiger partial charge in [0, 0.05) is 24.2 Å². The summed E-state index contributed by atoms with van der Waals surface area (Å²) in [4.78, 5) is 0. The Morgan fingerprint density at radius 3 is 2.76 bits per heavy atom. The Labute approximate surface area is 103 Å². The molecule has 0 amide bonds. The van der Waals surface area contributed by atoms with E-state index in [4.69, 9.17) is 5.73 Å². The predicted molar refractivity (Wildman–Crippen MR) is 74.3 cm³/mol. The maximum Gasteiger partial charge on any atom is 0.0512 e. The maximum absolute atomic E-state index is 5.85. The lowest BCUT2D eigenvalue weighted by Crippen LogP contribution is -2.15. The zero-order valence-electron chi connectivity index (χ0n) is 11.0. The van der Waals surface area contributed by atoms with E-state index in [9.17, 15) is 0 Å². The highest BCUT2D eigenvalue weighted by Gasteiger charge is 2.09. The fourth-order valence-corrected chi connectivity index (χ4v) is 2.45. The highest BCUT2D eigenvalue weighted by atomic mass is 14.9.